The monoisotopic (exact) mass is 181 g/mol. The van der Waals surface area contributed by atoms with Crippen molar-refractivity contribution >= 4 is 11.8 Å². The van der Waals surface area contributed by atoms with Crippen LogP contribution >= 0.6 is 11.8 Å². The van der Waals surface area contributed by atoms with Crippen LogP contribution in [0.25, 0.3) is 0 Å². The lowest BCUT2D eigenvalue weighted by Gasteiger charge is -2.13. The zero-order valence-electron chi connectivity index (χ0n) is 7.58. The van der Waals surface area contributed by atoms with E-state index in [0.29, 0.717) is 5.25 Å². The minimum absolute atomic E-state index is 0.580. The van der Waals surface area contributed by atoms with Crippen molar-refractivity contribution in [1.29, 1.82) is 0 Å². The van der Waals surface area contributed by atoms with E-state index >= 15 is 0 Å². The summed E-state index contributed by atoms with van der Waals surface area (Å²) in [5.41, 5.74) is 1.40. The maximum absolute atomic E-state index is 3.20. The summed E-state index contributed by atoms with van der Waals surface area (Å²) >= 11 is 1.89. The molecule has 2 heteroatoms. The molecule has 0 amide bonds. The van der Waals surface area contributed by atoms with Gasteiger partial charge >= 0.3 is 0 Å². The van der Waals surface area contributed by atoms with Crippen LogP contribution in [0.2, 0.25) is 0 Å². The van der Waals surface area contributed by atoms with E-state index in [1.807, 2.05) is 18.8 Å². The molecule has 66 valence electrons. The summed E-state index contributed by atoms with van der Waals surface area (Å²) in [5.74, 6) is 0. The summed E-state index contributed by atoms with van der Waals surface area (Å²) in [5, 5.41) is 3.78. The number of hydrogen-bond acceptors (Lipinski definition) is 2. The third kappa shape index (κ3) is 2.54. The zero-order chi connectivity index (χ0) is 8.81. The van der Waals surface area contributed by atoms with Gasteiger partial charge in [0.25, 0.3) is 0 Å². The van der Waals surface area contributed by atoms with E-state index < -0.39 is 0 Å². The number of nitrogens with one attached hydrogen (secondary N) is 1. The second-order valence-electron chi connectivity index (χ2n) is 2.69. The Morgan fingerprint density at radius 1 is 1.33 bits per heavy atom. The molecular formula is C10H15NS. The van der Waals surface area contributed by atoms with Gasteiger partial charge in [-0.05, 0) is 18.9 Å². The lowest BCUT2D eigenvalue weighted by atomic mass is 10.1. The molecule has 0 aliphatic rings. The molecule has 1 aromatic carbocycles. The van der Waals surface area contributed by atoms with E-state index in [1.165, 1.54) is 5.56 Å². The molecule has 12 heavy (non-hydrogen) atoms. The molecular weight excluding hydrogens is 166 g/mol. The number of rotatable bonds is 4. The van der Waals surface area contributed by atoms with Gasteiger partial charge in [-0.15, -0.1) is 0 Å². The first-order chi connectivity index (χ1) is 5.88. The van der Waals surface area contributed by atoms with Crippen LogP contribution in [0, 0.1) is 0 Å². The predicted molar refractivity (Wildman–Crippen MR) is 56.6 cm³/mol. The fourth-order valence-electron chi connectivity index (χ4n) is 1.19. The van der Waals surface area contributed by atoms with E-state index in [-0.39, 0.29) is 0 Å². The molecule has 1 rings (SSSR count). The Hall–Kier alpha value is -0.470. The van der Waals surface area contributed by atoms with Gasteiger partial charge in [0, 0.05) is 11.8 Å². The predicted octanol–water partition coefficient (Wildman–Crippen LogP) is 2.31. The van der Waals surface area contributed by atoms with Crippen molar-refractivity contribution < 1.29 is 0 Å². The first-order valence-corrected chi connectivity index (χ1v) is 5.39. The first kappa shape index (κ1) is 9.62. The Labute approximate surface area is 78.6 Å². The molecule has 0 aromatic heterocycles. The van der Waals surface area contributed by atoms with Crippen molar-refractivity contribution in [3.63, 3.8) is 0 Å². The van der Waals surface area contributed by atoms with Gasteiger partial charge in [-0.1, -0.05) is 30.3 Å². The third-order valence-electron chi connectivity index (χ3n) is 1.85. The maximum atomic E-state index is 3.20. The Balaban J connectivity index is 2.66. The summed E-state index contributed by atoms with van der Waals surface area (Å²) < 4.78 is 0. The van der Waals surface area contributed by atoms with Crippen LogP contribution in [-0.2, 0) is 0 Å². The minimum Gasteiger partial charge on any atom is -0.318 e. The van der Waals surface area contributed by atoms with Gasteiger partial charge in [0.05, 0.1) is 0 Å². The average molecular weight is 181 g/mol. The SMILES string of the molecule is CNCC(SC)c1ccccc1. The quantitative estimate of drug-likeness (QED) is 0.765. The normalized spacial score (nSPS) is 12.8. The second kappa shape index (κ2) is 5.22. The molecule has 1 N–H and O–H groups in total. The standard InChI is InChI=1S/C10H15NS/c1-11-8-10(12-2)9-6-4-3-5-7-9/h3-7,10-11H,8H2,1-2H3. The molecule has 1 atom stereocenters. The third-order valence-corrected chi connectivity index (χ3v) is 2.85. The maximum Gasteiger partial charge on any atom is 0.0418 e. The van der Waals surface area contributed by atoms with E-state index in [0.717, 1.165) is 6.54 Å². The lowest BCUT2D eigenvalue weighted by Crippen LogP contribution is -2.14. The Bertz CT molecular complexity index is 210. The van der Waals surface area contributed by atoms with Gasteiger partial charge in [-0.2, -0.15) is 11.8 Å². The molecule has 0 fully saturated rings. The highest BCUT2D eigenvalue weighted by molar-refractivity contribution is 7.98. The lowest BCUT2D eigenvalue weighted by molar-refractivity contribution is 0.779. The van der Waals surface area contributed by atoms with Crippen molar-refractivity contribution in [1.82, 2.24) is 5.32 Å². The molecule has 0 aliphatic carbocycles. The van der Waals surface area contributed by atoms with Crippen molar-refractivity contribution in [3.05, 3.63) is 35.9 Å². The number of hydrogen-bond donors (Lipinski definition) is 1. The van der Waals surface area contributed by atoms with E-state index in [2.05, 4.69) is 41.9 Å². The van der Waals surface area contributed by atoms with Gasteiger partial charge in [0.1, 0.15) is 0 Å². The fraction of sp³-hybridized carbons (Fsp3) is 0.400. The van der Waals surface area contributed by atoms with Gasteiger partial charge in [0.15, 0.2) is 0 Å². The summed E-state index contributed by atoms with van der Waals surface area (Å²) in [7, 11) is 1.99. The summed E-state index contributed by atoms with van der Waals surface area (Å²) in [6, 6.07) is 10.6. The van der Waals surface area contributed by atoms with E-state index in [4.69, 9.17) is 0 Å². The Morgan fingerprint density at radius 3 is 2.50 bits per heavy atom. The Morgan fingerprint density at radius 2 is 2.00 bits per heavy atom. The highest BCUT2D eigenvalue weighted by atomic mass is 32.2. The van der Waals surface area contributed by atoms with Crippen LogP contribution in [0.4, 0.5) is 0 Å². The molecule has 0 heterocycles. The van der Waals surface area contributed by atoms with Crippen molar-refractivity contribution in [3.8, 4) is 0 Å². The molecule has 0 radical (unpaired) electrons. The number of benzene rings is 1. The van der Waals surface area contributed by atoms with Gasteiger partial charge in [0.2, 0.25) is 0 Å². The van der Waals surface area contributed by atoms with Crippen LogP contribution in [0.5, 0.6) is 0 Å². The highest BCUT2D eigenvalue weighted by Crippen LogP contribution is 2.24. The molecule has 1 aromatic rings. The largest absolute Gasteiger partial charge is 0.318 e. The van der Waals surface area contributed by atoms with Gasteiger partial charge < -0.3 is 5.32 Å². The Kier molecular flexibility index (Phi) is 4.19. The van der Waals surface area contributed by atoms with E-state index in [1.54, 1.807) is 0 Å². The van der Waals surface area contributed by atoms with Crippen LogP contribution in [0.3, 0.4) is 0 Å². The molecule has 0 bridgehead atoms. The van der Waals surface area contributed by atoms with Crippen LogP contribution in [0.1, 0.15) is 10.8 Å². The highest BCUT2D eigenvalue weighted by Gasteiger charge is 2.06. The topological polar surface area (TPSA) is 12.0 Å². The van der Waals surface area contributed by atoms with Crippen LogP contribution in [-0.4, -0.2) is 19.8 Å². The van der Waals surface area contributed by atoms with Crippen molar-refractivity contribution in [2.24, 2.45) is 0 Å². The number of thioether (sulfide) groups is 1. The second-order valence-corrected chi connectivity index (χ2v) is 3.73. The van der Waals surface area contributed by atoms with E-state index in [9.17, 15) is 0 Å². The van der Waals surface area contributed by atoms with Gasteiger partial charge in [-0.3, -0.25) is 0 Å². The molecule has 0 saturated heterocycles. The van der Waals surface area contributed by atoms with Crippen molar-refractivity contribution in [2.75, 3.05) is 19.8 Å². The van der Waals surface area contributed by atoms with Crippen LogP contribution < -0.4 is 5.32 Å². The smallest absolute Gasteiger partial charge is 0.0418 e. The number of likely N-dealkylation sites (N-methyl/N-ethyl adjacent to an activating group) is 1. The molecule has 0 saturated carbocycles. The first-order valence-electron chi connectivity index (χ1n) is 4.11. The summed E-state index contributed by atoms with van der Waals surface area (Å²) in [6.07, 6.45) is 2.15. The minimum atomic E-state index is 0.580. The van der Waals surface area contributed by atoms with Gasteiger partial charge in [-0.25, -0.2) is 0 Å². The molecule has 1 nitrogen and oxygen atoms in total. The fourth-order valence-corrected chi connectivity index (χ4v) is 1.95. The molecule has 0 aliphatic heterocycles. The van der Waals surface area contributed by atoms with Crippen LogP contribution in [0.15, 0.2) is 30.3 Å². The molecule has 1 unspecified atom stereocenters. The average Bonchev–Trinajstić information content (AvgIpc) is 2.15. The molecule has 0 spiro atoms. The van der Waals surface area contributed by atoms with Crippen molar-refractivity contribution in [2.45, 2.75) is 5.25 Å². The summed E-state index contributed by atoms with van der Waals surface area (Å²) in [6.45, 7) is 1.03. The zero-order valence-corrected chi connectivity index (χ0v) is 8.40. The summed E-state index contributed by atoms with van der Waals surface area (Å²) in [4.78, 5) is 0.